The smallest absolute Gasteiger partial charge is 0.155 e. The number of allylic oxidation sites excluding steroid dienone is 1. The molecule has 2 heteroatoms. The Balaban J connectivity index is 3.03. The van der Waals surface area contributed by atoms with Crippen LogP contribution in [0.3, 0.4) is 0 Å². The fourth-order valence-electron chi connectivity index (χ4n) is 0.722. The summed E-state index contributed by atoms with van der Waals surface area (Å²) in [5, 5.41) is 0. The molecule has 0 radical (unpaired) electrons. The van der Waals surface area contributed by atoms with Crippen molar-refractivity contribution in [2.24, 2.45) is 5.73 Å². The molecule has 0 rings (SSSR count). The van der Waals surface area contributed by atoms with E-state index in [1.54, 1.807) is 0 Å². The van der Waals surface area contributed by atoms with Crippen molar-refractivity contribution in [2.75, 3.05) is 6.54 Å². The topological polar surface area (TPSA) is 43.1 Å². The number of carbonyl (C=O) groups excluding carboxylic acids is 1. The maximum atomic E-state index is 10.6. The lowest BCUT2D eigenvalue weighted by Gasteiger charge is -1.94. The maximum Gasteiger partial charge on any atom is 0.155 e. The summed E-state index contributed by atoms with van der Waals surface area (Å²) in [6.07, 6.45) is 5.02. The Morgan fingerprint density at radius 3 is 2.60 bits per heavy atom. The normalized spacial score (nSPS) is 9.30. The van der Waals surface area contributed by atoms with E-state index >= 15 is 0 Å². The zero-order valence-electron chi connectivity index (χ0n) is 6.31. The summed E-state index contributed by atoms with van der Waals surface area (Å²) in [7, 11) is 0. The highest BCUT2D eigenvalue weighted by Crippen LogP contribution is 1.99. The molecule has 0 bridgehead atoms. The van der Waals surface area contributed by atoms with Crippen molar-refractivity contribution in [1.82, 2.24) is 0 Å². The van der Waals surface area contributed by atoms with Gasteiger partial charge in [-0.05, 0) is 25.5 Å². The SMILES string of the molecule is C=CC(=O)CCCCCN. The van der Waals surface area contributed by atoms with Crippen LogP contribution >= 0.6 is 0 Å². The monoisotopic (exact) mass is 141 g/mol. The summed E-state index contributed by atoms with van der Waals surface area (Å²) in [4.78, 5) is 10.6. The number of ketones is 1. The van der Waals surface area contributed by atoms with Gasteiger partial charge in [-0.3, -0.25) is 4.79 Å². The first-order valence-corrected chi connectivity index (χ1v) is 3.66. The van der Waals surface area contributed by atoms with Gasteiger partial charge in [0, 0.05) is 6.42 Å². The quantitative estimate of drug-likeness (QED) is 0.447. The van der Waals surface area contributed by atoms with E-state index in [9.17, 15) is 4.79 Å². The molecule has 0 aliphatic heterocycles. The summed E-state index contributed by atoms with van der Waals surface area (Å²) >= 11 is 0. The second-order valence-corrected chi connectivity index (χ2v) is 2.27. The Bertz CT molecular complexity index is 110. The first kappa shape index (κ1) is 9.37. The highest BCUT2D eigenvalue weighted by molar-refractivity contribution is 5.88. The summed E-state index contributed by atoms with van der Waals surface area (Å²) < 4.78 is 0. The van der Waals surface area contributed by atoms with Crippen LogP contribution in [0, 0.1) is 0 Å². The molecule has 0 unspecified atom stereocenters. The molecule has 0 amide bonds. The number of carbonyl (C=O) groups is 1. The molecule has 0 aromatic heterocycles. The molecule has 10 heavy (non-hydrogen) atoms. The maximum absolute atomic E-state index is 10.6. The van der Waals surface area contributed by atoms with Gasteiger partial charge in [0.25, 0.3) is 0 Å². The number of nitrogens with two attached hydrogens (primary N) is 1. The molecule has 0 spiro atoms. The third-order valence-corrected chi connectivity index (χ3v) is 1.35. The van der Waals surface area contributed by atoms with E-state index in [0.29, 0.717) is 6.42 Å². The zero-order chi connectivity index (χ0) is 7.82. The van der Waals surface area contributed by atoms with Crippen molar-refractivity contribution >= 4 is 5.78 Å². The van der Waals surface area contributed by atoms with Gasteiger partial charge in [0.05, 0.1) is 0 Å². The minimum absolute atomic E-state index is 0.136. The Labute approximate surface area is 62.1 Å². The molecule has 0 aromatic rings. The van der Waals surface area contributed by atoms with Crippen molar-refractivity contribution in [1.29, 1.82) is 0 Å². The second-order valence-electron chi connectivity index (χ2n) is 2.27. The molecule has 0 saturated carbocycles. The standard InChI is InChI=1S/C8H15NO/c1-2-8(10)6-4-3-5-7-9/h2H,1,3-7,9H2. The molecule has 0 heterocycles. The van der Waals surface area contributed by atoms with E-state index in [1.165, 1.54) is 6.08 Å². The van der Waals surface area contributed by atoms with E-state index in [1.807, 2.05) is 0 Å². The van der Waals surface area contributed by atoms with E-state index in [0.717, 1.165) is 25.8 Å². The minimum atomic E-state index is 0.136. The number of unbranched alkanes of at least 4 members (excludes halogenated alkanes) is 2. The van der Waals surface area contributed by atoms with Gasteiger partial charge in [-0.25, -0.2) is 0 Å². The fourth-order valence-corrected chi connectivity index (χ4v) is 0.722. The third kappa shape index (κ3) is 5.51. The highest BCUT2D eigenvalue weighted by atomic mass is 16.1. The van der Waals surface area contributed by atoms with Crippen LogP contribution in [0.4, 0.5) is 0 Å². The van der Waals surface area contributed by atoms with Crippen LogP contribution in [0.2, 0.25) is 0 Å². The lowest BCUT2D eigenvalue weighted by Crippen LogP contribution is -1.98. The minimum Gasteiger partial charge on any atom is -0.330 e. The fraction of sp³-hybridized carbons (Fsp3) is 0.625. The van der Waals surface area contributed by atoms with Gasteiger partial charge in [-0.15, -0.1) is 0 Å². The average Bonchev–Trinajstić information content (AvgIpc) is 1.98. The van der Waals surface area contributed by atoms with Crippen LogP contribution in [0.15, 0.2) is 12.7 Å². The van der Waals surface area contributed by atoms with Gasteiger partial charge >= 0.3 is 0 Å². The van der Waals surface area contributed by atoms with Gasteiger partial charge in [0.2, 0.25) is 0 Å². The molecule has 0 aliphatic carbocycles. The predicted molar refractivity (Wildman–Crippen MR) is 42.7 cm³/mol. The summed E-state index contributed by atoms with van der Waals surface area (Å²) in [6.45, 7) is 4.11. The Hall–Kier alpha value is -0.630. The number of hydrogen-bond acceptors (Lipinski definition) is 2. The van der Waals surface area contributed by atoms with E-state index in [2.05, 4.69) is 6.58 Å². The zero-order valence-corrected chi connectivity index (χ0v) is 6.31. The van der Waals surface area contributed by atoms with Crippen molar-refractivity contribution in [3.63, 3.8) is 0 Å². The summed E-state index contributed by atoms with van der Waals surface area (Å²) in [5.74, 6) is 0.136. The number of rotatable bonds is 6. The Kier molecular flexibility index (Phi) is 6.08. The first-order valence-electron chi connectivity index (χ1n) is 3.66. The van der Waals surface area contributed by atoms with Gasteiger partial charge in [0.1, 0.15) is 0 Å². The van der Waals surface area contributed by atoms with E-state index in [4.69, 9.17) is 5.73 Å². The van der Waals surface area contributed by atoms with Gasteiger partial charge in [0.15, 0.2) is 5.78 Å². The first-order chi connectivity index (χ1) is 4.81. The lowest BCUT2D eigenvalue weighted by atomic mass is 10.1. The molecule has 0 saturated heterocycles. The largest absolute Gasteiger partial charge is 0.330 e. The number of hydrogen-bond donors (Lipinski definition) is 1. The van der Waals surface area contributed by atoms with Gasteiger partial charge in [-0.1, -0.05) is 13.0 Å². The second kappa shape index (κ2) is 6.49. The molecular weight excluding hydrogens is 126 g/mol. The molecule has 58 valence electrons. The van der Waals surface area contributed by atoms with Crippen molar-refractivity contribution in [3.8, 4) is 0 Å². The molecule has 2 nitrogen and oxygen atoms in total. The van der Waals surface area contributed by atoms with Crippen molar-refractivity contribution in [3.05, 3.63) is 12.7 Å². The molecule has 0 aliphatic rings. The van der Waals surface area contributed by atoms with Crippen molar-refractivity contribution < 1.29 is 4.79 Å². The molecule has 0 fully saturated rings. The molecule has 0 atom stereocenters. The van der Waals surface area contributed by atoms with Crippen LogP contribution in [0.5, 0.6) is 0 Å². The summed E-state index contributed by atoms with van der Waals surface area (Å²) in [6, 6.07) is 0. The van der Waals surface area contributed by atoms with Crippen LogP contribution in [0.25, 0.3) is 0 Å². The molecule has 2 N–H and O–H groups in total. The van der Waals surface area contributed by atoms with E-state index in [-0.39, 0.29) is 5.78 Å². The summed E-state index contributed by atoms with van der Waals surface area (Å²) in [5.41, 5.74) is 5.27. The lowest BCUT2D eigenvalue weighted by molar-refractivity contribution is -0.114. The molecule has 0 aromatic carbocycles. The highest BCUT2D eigenvalue weighted by Gasteiger charge is 1.93. The van der Waals surface area contributed by atoms with Crippen LogP contribution in [-0.2, 0) is 4.79 Å². The van der Waals surface area contributed by atoms with Gasteiger partial charge in [-0.2, -0.15) is 0 Å². The van der Waals surface area contributed by atoms with Gasteiger partial charge < -0.3 is 5.73 Å². The molecular formula is C8H15NO. The predicted octanol–water partition coefficient (Wildman–Crippen LogP) is 1.26. The van der Waals surface area contributed by atoms with Crippen LogP contribution < -0.4 is 5.73 Å². The van der Waals surface area contributed by atoms with Crippen LogP contribution in [-0.4, -0.2) is 12.3 Å². The Morgan fingerprint density at radius 2 is 2.10 bits per heavy atom. The van der Waals surface area contributed by atoms with Crippen LogP contribution in [0.1, 0.15) is 25.7 Å². The Morgan fingerprint density at radius 1 is 1.40 bits per heavy atom. The third-order valence-electron chi connectivity index (χ3n) is 1.35. The van der Waals surface area contributed by atoms with Crippen molar-refractivity contribution in [2.45, 2.75) is 25.7 Å². The van der Waals surface area contributed by atoms with E-state index < -0.39 is 0 Å². The average molecular weight is 141 g/mol.